The fourth-order valence-corrected chi connectivity index (χ4v) is 3.92. The molecular formula is C26H33F2N3O5. The van der Waals surface area contributed by atoms with E-state index in [1.807, 2.05) is 30.3 Å². The molecule has 2 aromatic rings. The smallest absolute Gasteiger partial charge is 0.410 e. The van der Waals surface area contributed by atoms with Gasteiger partial charge in [0.25, 0.3) is 5.92 Å². The first-order valence-corrected chi connectivity index (χ1v) is 11.8. The quantitative estimate of drug-likeness (QED) is 0.563. The normalized spacial score (nSPS) is 18.2. The fraction of sp³-hybridized carbons (Fsp3) is 0.500. The number of rotatable bonds is 6. The number of nitrogens with zero attached hydrogens (tertiary/aromatic N) is 2. The minimum atomic E-state index is -3.06. The van der Waals surface area contributed by atoms with Gasteiger partial charge in [-0.2, -0.15) is 0 Å². The van der Waals surface area contributed by atoms with Gasteiger partial charge in [-0.3, -0.25) is 0 Å². The van der Waals surface area contributed by atoms with Crippen LogP contribution in [0, 0.1) is 0 Å². The highest BCUT2D eigenvalue weighted by Gasteiger charge is 2.47. The van der Waals surface area contributed by atoms with Crippen molar-refractivity contribution in [2.45, 2.75) is 64.2 Å². The molecule has 0 bridgehead atoms. The SMILES string of the molecule is COc1ncc(C2CN(C(=O)OC(C)(C)C)CCC2(F)F)cc1C(C)NC(=O)OCc1ccccc1. The number of aromatic nitrogens is 1. The average Bonchev–Trinajstić information content (AvgIpc) is 2.81. The molecule has 10 heteroatoms. The molecule has 1 saturated heterocycles. The van der Waals surface area contributed by atoms with E-state index in [-0.39, 0.29) is 31.1 Å². The molecule has 1 N–H and O–H groups in total. The van der Waals surface area contributed by atoms with E-state index in [1.165, 1.54) is 24.3 Å². The number of carbonyl (C=O) groups is 2. The zero-order valence-corrected chi connectivity index (χ0v) is 21.2. The van der Waals surface area contributed by atoms with Crippen molar-refractivity contribution in [1.29, 1.82) is 0 Å². The number of likely N-dealkylation sites (tertiary alicyclic amines) is 1. The number of nitrogens with one attached hydrogen (secondary N) is 1. The predicted octanol–water partition coefficient (Wildman–Crippen LogP) is 5.44. The lowest BCUT2D eigenvalue weighted by atomic mass is 9.87. The van der Waals surface area contributed by atoms with Gasteiger partial charge < -0.3 is 24.4 Å². The Morgan fingerprint density at radius 2 is 1.94 bits per heavy atom. The molecule has 3 rings (SSSR count). The maximum atomic E-state index is 15.0. The third kappa shape index (κ3) is 7.05. The van der Waals surface area contributed by atoms with Crippen molar-refractivity contribution in [2.75, 3.05) is 20.2 Å². The first kappa shape index (κ1) is 27.2. The molecule has 0 radical (unpaired) electrons. The van der Waals surface area contributed by atoms with Crippen LogP contribution in [0.4, 0.5) is 18.4 Å². The number of hydrogen-bond donors (Lipinski definition) is 1. The van der Waals surface area contributed by atoms with Crippen LogP contribution in [0.2, 0.25) is 0 Å². The zero-order valence-electron chi connectivity index (χ0n) is 21.2. The van der Waals surface area contributed by atoms with Crippen LogP contribution in [0.3, 0.4) is 0 Å². The number of alkyl carbamates (subject to hydrolysis) is 1. The number of carbonyl (C=O) groups excluding carboxylic acids is 2. The fourth-order valence-electron chi connectivity index (χ4n) is 3.92. The highest BCUT2D eigenvalue weighted by atomic mass is 19.3. The lowest BCUT2D eigenvalue weighted by Gasteiger charge is -2.39. The van der Waals surface area contributed by atoms with Gasteiger partial charge in [0.1, 0.15) is 12.2 Å². The Balaban J connectivity index is 1.76. The molecule has 0 spiro atoms. The molecule has 2 amide bonds. The number of pyridine rings is 1. The van der Waals surface area contributed by atoms with E-state index in [1.54, 1.807) is 27.7 Å². The summed E-state index contributed by atoms with van der Waals surface area (Å²) in [7, 11) is 1.41. The van der Waals surface area contributed by atoms with Gasteiger partial charge in [0.15, 0.2) is 0 Å². The van der Waals surface area contributed by atoms with Crippen LogP contribution in [0.25, 0.3) is 0 Å². The molecule has 8 nitrogen and oxygen atoms in total. The van der Waals surface area contributed by atoms with Crippen molar-refractivity contribution in [2.24, 2.45) is 0 Å². The summed E-state index contributed by atoms with van der Waals surface area (Å²) < 4.78 is 45.9. The van der Waals surface area contributed by atoms with Crippen molar-refractivity contribution in [3.8, 4) is 5.88 Å². The summed E-state index contributed by atoms with van der Waals surface area (Å²) in [6.07, 6.45) is -0.489. The van der Waals surface area contributed by atoms with Gasteiger partial charge in [-0.05, 0) is 44.9 Å². The van der Waals surface area contributed by atoms with Gasteiger partial charge >= 0.3 is 12.2 Å². The summed E-state index contributed by atoms with van der Waals surface area (Å²) in [4.78, 5) is 30.4. The third-order valence-corrected chi connectivity index (χ3v) is 5.79. The summed E-state index contributed by atoms with van der Waals surface area (Å²) in [5.74, 6) is -4.16. The van der Waals surface area contributed by atoms with E-state index in [9.17, 15) is 18.4 Å². The van der Waals surface area contributed by atoms with Crippen LogP contribution in [-0.4, -0.2) is 53.8 Å². The van der Waals surface area contributed by atoms with Crippen LogP contribution in [0.1, 0.15) is 62.8 Å². The molecule has 1 fully saturated rings. The maximum absolute atomic E-state index is 15.0. The predicted molar refractivity (Wildman–Crippen MR) is 129 cm³/mol. The second-order valence-corrected chi connectivity index (χ2v) is 9.78. The largest absolute Gasteiger partial charge is 0.481 e. The van der Waals surface area contributed by atoms with E-state index in [2.05, 4.69) is 10.3 Å². The Bertz CT molecular complexity index is 1060. The minimum absolute atomic E-state index is 0.0869. The Morgan fingerprint density at radius 1 is 1.25 bits per heavy atom. The Hall–Kier alpha value is -3.43. The van der Waals surface area contributed by atoms with E-state index < -0.39 is 42.1 Å². The number of benzene rings is 1. The van der Waals surface area contributed by atoms with Crippen molar-refractivity contribution in [1.82, 2.24) is 15.2 Å². The van der Waals surface area contributed by atoms with Crippen molar-refractivity contribution in [3.63, 3.8) is 0 Å². The number of amides is 2. The Kier molecular flexibility index (Phi) is 8.37. The molecule has 2 unspecified atom stereocenters. The van der Waals surface area contributed by atoms with Crippen molar-refractivity contribution >= 4 is 12.2 Å². The number of ether oxygens (including phenoxy) is 3. The zero-order chi connectivity index (χ0) is 26.5. The van der Waals surface area contributed by atoms with Gasteiger partial charge in [-0.1, -0.05) is 30.3 Å². The molecular weight excluding hydrogens is 472 g/mol. The number of methoxy groups -OCH3 is 1. The van der Waals surface area contributed by atoms with E-state index >= 15 is 0 Å². The highest BCUT2D eigenvalue weighted by Crippen LogP contribution is 2.41. The monoisotopic (exact) mass is 505 g/mol. The summed E-state index contributed by atoms with van der Waals surface area (Å²) in [5, 5.41) is 2.69. The summed E-state index contributed by atoms with van der Waals surface area (Å²) in [6.45, 7) is 6.60. The first-order valence-electron chi connectivity index (χ1n) is 11.8. The summed E-state index contributed by atoms with van der Waals surface area (Å²) >= 11 is 0. The van der Waals surface area contributed by atoms with Gasteiger partial charge in [0.2, 0.25) is 5.88 Å². The molecule has 0 aliphatic carbocycles. The lowest BCUT2D eigenvalue weighted by Crippen LogP contribution is -2.49. The Labute approximate surface area is 209 Å². The van der Waals surface area contributed by atoms with Crippen LogP contribution in [0.5, 0.6) is 5.88 Å². The Morgan fingerprint density at radius 3 is 2.58 bits per heavy atom. The molecule has 0 saturated carbocycles. The van der Waals surface area contributed by atoms with Crippen molar-refractivity contribution < 1.29 is 32.6 Å². The second-order valence-electron chi connectivity index (χ2n) is 9.78. The number of alkyl halides is 2. The molecule has 2 heterocycles. The van der Waals surface area contributed by atoms with E-state index in [4.69, 9.17) is 14.2 Å². The average molecular weight is 506 g/mol. The molecule has 1 aromatic carbocycles. The third-order valence-electron chi connectivity index (χ3n) is 5.79. The highest BCUT2D eigenvalue weighted by molar-refractivity contribution is 5.69. The van der Waals surface area contributed by atoms with E-state index in [0.717, 1.165) is 5.56 Å². The molecule has 1 aliphatic rings. The molecule has 2 atom stereocenters. The van der Waals surface area contributed by atoms with Crippen LogP contribution < -0.4 is 10.1 Å². The number of hydrogen-bond acceptors (Lipinski definition) is 6. The van der Waals surface area contributed by atoms with Crippen molar-refractivity contribution in [3.05, 3.63) is 59.3 Å². The molecule has 1 aliphatic heterocycles. The minimum Gasteiger partial charge on any atom is -0.481 e. The topological polar surface area (TPSA) is 90.0 Å². The molecule has 1 aromatic heterocycles. The van der Waals surface area contributed by atoms with Crippen LogP contribution in [0.15, 0.2) is 42.6 Å². The van der Waals surface area contributed by atoms with E-state index in [0.29, 0.717) is 5.56 Å². The maximum Gasteiger partial charge on any atom is 0.410 e. The molecule has 196 valence electrons. The summed E-state index contributed by atoms with van der Waals surface area (Å²) in [6, 6.07) is 10.1. The lowest BCUT2D eigenvalue weighted by molar-refractivity contribution is -0.0772. The molecule has 36 heavy (non-hydrogen) atoms. The number of piperidine rings is 1. The van der Waals surface area contributed by atoms with Gasteiger partial charge in [-0.15, -0.1) is 0 Å². The first-order chi connectivity index (χ1) is 16.9. The van der Waals surface area contributed by atoms with Crippen LogP contribution in [-0.2, 0) is 16.1 Å². The second kappa shape index (κ2) is 11.1. The van der Waals surface area contributed by atoms with Gasteiger partial charge in [0, 0.05) is 31.3 Å². The number of halogens is 2. The standard InChI is InChI=1S/C26H33F2N3O5/c1-17(30-23(32)35-16-18-9-7-6-8-10-18)20-13-19(14-29-22(20)34-5)21-15-31(12-11-26(21,27)28)24(33)36-25(2,3)4/h6-10,13-14,17,21H,11-12,15-16H2,1-5H3,(H,30,32). The van der Waals surface area contributed by atoms with Gasteiger partial charge in [-0.25, -0.2) is 23.4 Å². The van der Waals surface area contributed by atoms with Gasteiger partial charge in [0.05, 0.1) is 19.1 Å². The summed E-state index contributed by atoms with van der Waals surface area (Å²) in [5.41, 5.74) is 0.736. The van der Waals surface area contributed by atoms with Crippen LogP contribution >= 0.6 is 0 Å².